The topological polar surface area (TPSA) is 3.24 Å². The van der Waals surface area contributed by atoms with Crippen molar-refractivity contribution < 1.29 is 4.39 Å². The molecule has 2 heteroatoms. The molecule has 1 aliphatic carbocycles. The summed E-state index contributed by atoms with van der Waals surface area (Å²) in [5.74, 6) is 0. The molecule has 0 aromatic heterocycles. The van der Waals surface area contributed by atoms with Gasteiger partial charge in [0.2, 0.25) is 0 Å². The average molecular weight is 257 g/mol. The highest BCUT2D eigenvalue weighted by molar-refractivity contribution is 5.31. The summed E-state index contributed by atoms with van der Waals surface area (Å²) in [7, 11) is 0. The van der Waals surface area contributed by atoms with Gasteiger partial charge >= 0.3 is 0 Å². The first kappa shape index (κ1) is 13.6. The second-order valence-corrected chi connectivity index (χ2v) is 4.74. The summed E-state index contributed by atoms with van der Waals surface area (Å²) in [6, 6.07) is 10.2. The average Bonchev–Trinajstić information content (AvgIpc) is 2.64. The largest absolute Gasteiger partial charge is 0.365 e. The minimum Gasteiger partial charge on any atom is -0.365 e. The quantitative estimate of drug-likeness (QED) is 0.762. The Morgan fingerprint density at radius 1 is 1.11 bits per heavy atom. The van der Waals surface area contributed by atoms with Crippen LogP contribution in [0, 0.1) is 0 Å². The summed E-state index contributed by atoms with van der Waals surface area (Å²) in [6.07, 6.45) is 9.42. The van der Waals surface area contributed by atoms with Crippen LogP contribution in [-0.4, -0.2) is 18.1 Å². The minimum atomic E-state index is -0.329. The smallest absolute Gasteiger partial charge is 0.107 e. The lowest BCUT2D eigenvalue weighted by Gasteiger charge is -2.24. The molecule has 1 aliphatic rings. The van der Waals surface area contributed by atoms with Crippen molar-refractivity contribution in [2.24, 2.45) is 0 Å². The Balaban J connectivity index is 2.12. The fourth-order valence-corrected chi connectivity index (χ4v) is 2.16. The van der Waals surface area contributed by atoms with E-state index in [9.17, 15) is 4.39 Å². The number of halogens is 1. The number of nitrogens with zero attached hydrogens (tertiary/aromatic N) is 1. The van der Waals surface area contributed by atoms with Crippen molar-refractivity contribution in [3.8, 4) is 0 Å². The summed E-state index contributed by atoms with van der Waals surface area (Å²) in [5, 5.41) is 0. The van der Waals surface area contributed by atoms with E-state index in [0.717, 1.165) is 18.7 Å². The molecular formula is C17H20FN. The number of hydrogen-bond donors (Lipinski definition) is 0. The molecule has 1 aromatic carbocycles. The number of benzene rings is 1. The highest BCUT2D eigenvalue weighted by Crippen LogP contribution is 2.17. The molecule has 0 spiro atoms. The van der Waals surface area contributed by atoms with Crippen LogP contribution in [0.5, 0.6) is 0 Å². The first-order valence-corrected chi connectivity index (χ1v) is 6.69. The van der Waals surface area contributed by atoms with Gasteiger partial charge in [0.15, 0.2) is 0 Å². The lowest BCUT2D eigenvalue weighted by molar-refractivity contribution is 0.303. The van der Waals surface area contributed by atoms with Gasteiger partial charge in [0, 0.05) is 18.8 Å². The van der Waals surface area contributed by atoms with Crippen molar-refractivity contribution in [2.75, 3.05) is 13.2 Å². The van der Waals surface area contributed by atoms with Crippen molar-refractivity contribution >= 4 is 0 Å². The van der Waals surface area contributed by atoms with Crippen molar-refractivity contribution in [1.82, 2.24) is 4.90 Å². The van der Waals surface area contributed by atoms with E-state index in [1.54, 1.807) is 0 Å². The van der Waals surface area contributed by atoms with Crippen molar-refractivity contribution in [3.05, 3.63) is 71.5 Å². The second kappa shape index (κ2) is 6.93. The Bertz CT molecular complexity index is 485. The first-order chi connectivity index (χ1) is 9.29. The molecule has 0 amide bonds. The molecule has 100 valence electrons. The van der Waals surface area contributed by atoms with E-state index < -0.39 is 0 Å². The van der Waals surface area contributed by atoms with E-state index in [1.165, 1.54) is 11.1 Å². The molecule has 0 bridgehead atoms. The molecule has 0 heterocycles. The normalized spacial score (nSPS) is 14.6. The standard InChI is InChI=1S/C17H20FN/c1-15-6-5-9-17(11-10-15)19(13-12-18)14-16-7-3-2-4-8-16/h2-4,6-11H,5,12-14H2,1H3. The van der Waals surface area contributed by atoms with Gasteiger partial charge in [0.1, 0.15) is 6.67 Å². The van der Waals surface area contributed by atoms with Crippen LogP contribution in [0.2, 0.25) is 0 Å². The van der Waals surface area contributed by atoms with E-state index in [4.69, 9.17) is 0 Å². The summed E-state index contributed by atoms with van der Waals surface area (Å²) in [6.45, 7) is 2.94. The minimum absolute atomic E-state index is 0.329. The Morgan fingerprint density at radius 2 is 1.89 bits per heavy atom. The van der Waals surface area contributed by atoms with Gasteiger partial charge in [0.05, 0.1) is 0 Å². The van der Waals surface area contributed by atoms with Crippen LogP contribution in [-0.2, 0) is 6.54 Å². The summed E-state index contributed by atoms with van der Waals surface area (Å²) in [5.41, 5.74) is 3.57. The Hall–Kier alpha value is -1.83. The summed E-state index contributed by atoms with van der Waals surface area (Å²) < 4.78 is 12.8. The zero-order valence-electron chi connectivity index (χ0n) is 11.3. The summed E-state index contributed by atoms with van der Waals surface area (Å²) >= 11 is 0. The van der Waals surface area contributed by atoms with Crippen molar-refractivity contribution in [3.63, 3.8) is 0 Å². The molecule has 0 saturated heterocycles. The van der Waals surface area contributed by atoms with Gasteiger partial charge in [0.25, 0.3) is 0 Å². The number of rotatable bonds is 5. The molecule has 0 saturated carbocycles. The van der Waals surface area contributed by atoms with Crippen LogP contribution in [0.3, 0.4) is 0 Å². The van der Waals surface area contributed by atoms with Crippen molar-refractivity contribution in [2.45, 2.75) is 19.9 Å². The van der Waals surface area contributed by atoms with Crippen LogP contribution in [0.15, 0.2) is 65.9 Å². The Kier molecular flexibility index (Phi) is 4.96. The molecular weight excluding hydrogens is 237 g/mol. The van der Waals surface area contributed by atoms with Crippen LogP contribution in [0.4, 0.5) is 4.39 Å². The fraction of sp³-hybridized carbons (Fsp3) is 0.294. The molecule has 1 nitrogen and oxygen atoms in total. The van der Waals surface area contributed by atoms with E-state index in [1.807, 2.05) is 18.2 Å². The molecule has 0 atom stereocenters. The van der Waals surface area contributed by atoms with E-state index >= 15 is 0 Å². The maximum Gasteiger partial charge on any atom is 0.107 e. The van der Waals surface area contributed by atoms with Gasteiger partial charge in [-0.3, -0.25) is 0 Å². The van der Waals surface area contributed by atoms with Gasteiger partial charge in [-0.2, -0.15) is 0 Å². The predicted molar refractivity (Wildman–Crippen MR) is 78.4 cm³/mol. The predicted octanol–water partition coefficient (Wildman–Crippen LogP) is 4.25. The van der Waals surface area contributed by atoms with Gasteiger partial charge in [-0.25, -0.2) is 4.39 Å². The van der Waals surface area contributed by atoms with Crippen LogP contribution in [0.1, 0.15) is 18.9 Å². The highest BCUT2D eigenvalue weighted by Gasteiger charge is 2.08. The third-order valence-corrected chi connectivity index (χ3v) is 3.22. The lowest BCUT2D eigenvalue weighted by Crippen LogP contribution is -2.24. The first-order valence-electron chi connectivity index (χ1n) is 6.69. The van der Waals surface area contributed by atoms with Gasteiger partial charge in [-0.1, -0.05) is 54.1 Å². The third-order valence-electron chi connectivity index (χ3n) is 3.22. The highest BCUT2D eigenvalue weighted by atomic mass is 19.1. The van der Waals surface area contributed by atoms with Crippen LogP contribution < -0.4 is 0 Å². The monoisotopic (exact) mass is 257 g/mol. The molecule has 2 rings (SSSR count). The van der Waals surface area contributed by atoms with Crippen molar-refractivity contribution in [1.29, 1.82) is 0 Å². The van der Waals surface area contributed by atoms with E-state index in [0.29, 0.717) is 6.54 Å². The second-order valence-electron chi connectivity index (χ2n) is 4.74. The SMILES string of the molecule is CC1=CCC=C(N(CCF)Cc2ccccc2)C=C1. The maximum atomic E-state index is 12.8. The van der Waals surface area contributed by atoms with E-state index in [-0.39, 0.29) is 6.67 Å². The van der Waals surface area contributed by atoms with Crippen LogP contribution >= 0.6 is 0 Å². The molecule has 1 aromatic rings. The number of allylic oxidation sites excluding steroid dienone is 5. The molecule has 0 unspecified atom stereocenters. The van der Waals surface area contributed by atoms with Gasteiger partial charge in [-0.05, 0) is 25.0 Å². The van der Waals surface area contributed by atoms with Gasteiger partial charge < -0.3 is 4.90 Å². The molecule has 0 N–H and O–H groups in total. The summed E-state index contributed by atoms with van der Waals surface area (Å²) in [4.78, 5) is 2.10. The number of alkyl halides is 1. The fourth-order valence-electron chi connectivity index (χ4n) is 2.16. The maximum absolute atomic E-state index is 12.8. The molecule has 0 fully saturated rings. The molecule has 0 radical (unpaired) electrons. The van der Waals surface area contributed by atoms with Gasteiger partial charge in [-0.15, -0.1) is 0 Å². The zero-order chi connectivity index (χ0) is 13.5. The zero-order valence-corrected chi connectivity index (χ0v) is 11.3. The molecule has 19 heavy (non-hydrogen) atoms. The van der Waals surface area contributed by atoms with E-state index in [2.05, 4.69) is 48.3 Å². The lowest BCUT2D eigenvalue weighted by atomic mass is 10.2. The van der Waals surface area contributed by atoms with Crippen LogP contribution in [0.25, 0.3) is 0 Å². The third kappa shape index (κ3) is 4.09. The number of hydrogen-bond acceptors (Lipinski definition) is 1. The Morgan fingerprint density at radius 3 is 2.63 bits per heavy atom. The Labute approximate surface area is 114 Å². The molecule has 0 aliphatic heterocycles.